The molecule has 0 atom stereocenters. The summed E-state index contributed by atoms with van der Waals surface area (Å²) < 4.78 is 20.1. The van der Waals surface area contributed by atoms with E-state index in [1.54, 1.807) is 0 Å². The lowest BCUT2D eigenvalue weighted by atomic mass is 9.82. The molecule has 0 aliphatic heterocycles. The van der Waals surface area contributed by atoms with Crippen LogP contribution in [0.5, 0.6) is 0 Å². The van der Waals surface area contributed by atoms with Crippen LogP contribution in [0.3, 0.4) is 0 Å². The second-order valence-electron chi connectivity index (χ2n) is 16.8. The number of para-hydroxylation sites is 3. The molecular weight excluding hydrogens is 747 g/mol. The van der Waals surface area contributed by atoms with E-state index < -0.39 is 0 Å². The SMILES string of the molecule is CC1(C)c2ccccc2-c2ccc(N(c3ccc(-c4cccc5oc6c(-c7ccccc7)c7c(cc6c45)oc4ccccc47)cc3)c3cccc4c3oc3ccccc34)cc21. The smallest absolute Gasteiger partial charge is 0.159 e. The highest BCUT2D eigenvalue weighted by molar-refractivity contribution is 6.25. The van der Waals surface area contributed by atoms with Gasteiger partial charge in [-0.05, 0) is 93.5 Å². The van der Waals surface area contributed by atoms with Crippen LogP contribution in [0.4, 0.5) is 17.1 Å². The zero-order chi connectivity index (χ0) is 40.4. The monoisotopic (exact) mass is 783 g/mol. The average Bonchev–Trinajstić information content (AvgIpc) is 4.05. The van der Waals surface area contributed by atoms with Gasteiger partial charge in [0.05, 0.1) is 5.69 Å². The molecule has 0 radical (unpaired) electrons. The lowest BCUT2D eigenvalue weighted by molar-refractivity contribution is 0.660. The van der Waals surface area contributed by atoms with Gasteiger partial charge in [-0.15, -0.1) is 0 Å². The quantitative estimate of drug-likeness (QED) is 0.174. The molecule has 0 saturated carbocycles. The van der Waals surface area contributed by atoms with Gasteiger partial charge >= 0.3 is 0 Å². The van der Waals surface area contributed by atoms with E-state index in [1.807, 2.05) is 18.2 Å². The van der Waals surface area contributed by atoms with Crippen molar-refractivity contribution in [2.45, 2.75) is 19.3 Å². The molecule has 3 heterocycles. The molecular formula is C57H37NO3. The summed E-state index contributed by atoms with van der Waals surface area (Å²) in [5.41, 5.74) is 17.7. The molecule has 0 fully saturated rings. The Morgan fingerprint density at radius 2 is 1.02 bits per heavy atom. The summed E-state index contributed by atoms with van der Waals surface area (Å²) in [6.45, 7) is 4.67. The van der Waals surface area contributed by atoms with Crippen LogP contribution >= 0.6 is 0 Å². The fraction of sp³-hybridized carbons (Fsp3) is 0.0526. The maximum atomic E-state index is 6.89. The number of benzene rings is 9. The van der Waals surface area contributed by atoms with E-state index in [-0.39, 0.29) is 5.41 Å². The topological polar surface area (TPSA) is 42.7 Å². The van der Waals surface area contributed by atoms with Gasteiger partial charge in [-0.1, -0.05) is 147 Å². The molecule has 12 aromatic rings. The molecule has 0 unspecified atom stereocenters. The van der Waals surface area contributed by atoms with Crippen LogP contribution in [-0.2, 0) is 5.41 Å². The summed E-state index contributed by atoms with van der Waals surface area (Å²) >= 11 is 0. The Morgan fingerprint density at radius 3 is 1.87 bits per heavy atom. The van der Waals surface area contributed by atoms with Crippen molar-refractivity contribution in [3.63, 3.8) is 0 Å². The van der Waals surface area contributed by atoms with Crippen LogP contribution in [0.1, 0.15) is 25.0 Å². The van der Waals surface area contributed by atoms with E-state index >= 15 is 0 Å². The number of nitrogens with zero attached hydrogens (tertiary/aromatic N) is 1. The van der Waals surface area contributed by atoms with E-state index in [1.165, 1.54) is 22.3 Å². The van der Waals surface area contributed by atoms with Crippen molar-refractivity contribution >= 4 is 82.9 Å². The lowest BCUT2D eigenvalue weighted by Crippen LogP contribution is -2.16. The largest absolute Gasteiger partial charge is 0.456 e. The summed E-state index contributed by atoms with van der Waals surface area (Å²) in [5.74, 6) is 0. The molecule has 61 heavy (non-hydrogen) atoms. The van der Waals surface area contributed by atoms with Crippen LogP contribution in [-0.4, -0.2) is 0 Å². The zero-order valence-electron chi connectivity index (χ0n) is 33.6. The fourth-order valence-corrected chi connectivity index (χ4v) is 10.2. The molecule has 4 heteroatoms. The Labute approximate surface area is 351 Å². The van der Waals surface area contributed by atoms with Gasteiger partial charge in [-0.3, -0.25) is 0 Å². The number of hydrogen-bond acceptors (Lipinski definition) is 4. The normalized spacial score (nSPS) is 13.2. The van der Waals surface area contributed by atoms with Crippen molar-refractivity contribution in [1.82, 2.24) is 0 Å². The maximum Gasteiger partial charge on any atom is 0.159 e. The van der Waals surface area contributed by atoms with Crippen molar-refractivity contribution in [1.29, 1.82) is 0 Å². The summed E-state index contributed by atoms with van der Waals surface area (Å²) in [6.07, 6.45) is 0. The van der Waals surface area contributed by atoms with Crippen molar-refractivity contribution in [3.8, 4) is 33.4 Å². The zero-order valence-corrected chi connectivity index (χ0v) is 33.6. The second kappa shape index (κ2) is 12.6. The van der Waals surface area contributed by atoms with E-state index in [2.05, 4.69) is 189 Å². The molecule has 3 aromatic heterocycles. The van der Waals surface area contributed by atoms with Gasteiger partial charge in [0, 0.05) is 54.7 Å². The summed E-state index contributed by atoms with van der Waals surface area (Å²) in [5, 5.41) is 6.44. The first kappa shape index (κ1) is 34.1. The lowest BCUT2D eigenvalue weighted by Gasteiger charge is -2.28. The highest BCUT2D eigenvalue weighted by Crippen LogP contribution is 2.52. The predicted octanol–water partition coefficient (Wildman–Crippen LogP) is 16.5. The van der Waals surface area contributed by atoms with E-state index in [0.717, 1.165) is 105 Å². The minimum atomic E-state index is -0.150. The molecule has 0 bridgehead atoms. The average molecular weight is 784 g/mol. The van der Waals surface area contributed by atoms with Gasteiger partial charge in [-0.25, -0.2) is 0 Å². The highest BCUT2D eigenvalue weighted by Gasteiger charge is 2.36. The van der Waals surface area contributed by atoms with Gasteiger partial charge in [-0.2, -0.15) is 0 Å². The Balaban J connectivity index is 1.01. The number of rotatable bonds is 5. The van der Waals surface area contributed by atoms with Crippen LogP contribution in [0, 0.1) is 0 Å². The fourth-order valence-electron chi connectivity index (χ4n) is 10.2. The van der Waals surface area contributed by atoms with E-state index in [4.69, 9.17) is 13.3 Å². The number of fused-ring (bicyclic) bond motifs is 12. The third-order valence-electron chi connectivity index (χ3n) is 13.1. The molecule has 9 aromatic carbocycles. The van der Waals surface area contributed by atoms with E-state index in [9.17, 15) is 0 Å². The standard InChI is InChI=1S/C57H37NO3/c1-57(2)45-21-9-6-16-39(45)40-31-30-37(32-46(40)57)58(47-22-12-20-42-41-17-7-10-23-48(41)60-55(42)47)36-28-26-34(27-29-36)38-19-13-25-50-53(38)44-33-51-54(43-18-8-11-24-49(43)59-51)52(56(44)61-50)35-14-4-3-5-15-35/h3-33H,1-2H3. The maximum absolute atomic E-state index is 6.89. The predicted molar refractivity (Wildman–Crippen MR) is 251 cm³/mol. The molecule has 288 valence electrons. The molecule has 0 saturated heterocycles. The van der Waals surface area contributed by atoms with Crippen molar-refractivity contribution in [2.75, 3.05) is 4.90 Å². The van der Waals surface area contributed by atoms with Crippen LogP contribution in [0.25, 0.3) is 99.2 Å². The number of anilines is 3. The molecule has 0 spiro atoms. The molecule has 1 aliphatic rings. The number of furan rings is 3. The van der Waals surface area contributed by atoms with Gasteiger partial charge in [0.2, 0.25) is 0 Å². The minimum absolute atomic E-state index is 0.150. The molecule has 1 aliphatic carbocycles. The molecule has 0 N–H and O–H groups in total. The third-order valence-corrected chi connectivity index (χ3v) is 13.1. The molecule has 0 amide bonds. The van der Waals surface area contributed by atoms with Crippen molar-refractivity contribution < 1.29 is 13.3 Å². The summed E-state index contributed by atoms with van der Waals surface area (Å²) in [6, 6.07) is 66.8. The van der Waals surface area contributed by atoms with E-state index in [0.29, 0.717) is 0 Å². The Kier molecular flexibility index (Phi) is 7.04. The third kappa shape index (κ3) is 4.87. The first-order valence-corrected chi connectivity index (χ1v) is 20.9. The Bertz CT molecular complexity index is 3730. The van der Waals surface area contributed by atoms with Crippen LogP contribution in [0.15, 0.2) is 201 Å². The second-order valence-corrected chi connectivity index (χ2v) is 16.8. The van der Waals surface area contributed by atoms with Gasteiger partial charge in [0.1, 0.15) is 27.9 Å². The first-order valence-electron chi connectivity index (χ1n) is 20.9. The van der Waals surface area contributed by atoms with Crippen LogP contribution in [0.2, 0.25) is 0 Å². The summed E-state index contributed by atoms with van der Waals surface area (Å²) in [7, 11) is 0. The van der Waals surface area contributed by atoms with Crippen molar-refractivity contribution in [3.05, 3.63) is 199 Å². The molecule has 13 rings (SSSR count). The van der Waals surface area contributed by atoms with Gasteiger partial charge in [0.25, 0.3) is 0 Å². The Hall–Kier alpha value is -7.82. The van der Waals surface area contributed by atoms with Crippen LogP contribution < -0.4 is 4.90 Å². The minimum Gasteiger partial charge on any atom is -0.456 e. The van der Waals surface area contributed by atoms with Gasteiger partial charge in [0.15, 0.2) is 5.58 Å². The van der Waals surface area contributed by atoms with Gasteiger partial charge < -0.3 is 18.2 Å². The number of hydrogen-bond donors (Lipinski definition) is 0. The van der Waals surface area contributed by atoms with Crippen molar-refractivity contribution in [2.24, 2.45) is 0 Å². The Morgan fingerprint density at radius 1 is 0.377 bits per heavy atom. The highest BCUT2D eigenvalue weighted by atomic mass is 16.3. The first-order chi connectivity index (χ1) is 30.0. The molecule has 4 nitrogen and oxygen atoms in total. The summed E-state index contributed by atoms with van der Waals surface area (Å²) in [4.78, 5) is 2.35.